The molecule has 1 heterocycles. The topological polar surface area (TPSA) is 38.0 Å². The van der Waals surface area contributed by atoms with Crippen LogP contribution < -0.4 is 11.1 Å². The van der Waals surface area contributed by atoms with Gasteiger partial charge in [0.25, 0.3) is 0 Å². The first-order chi connectivity index (χ1) is 8.76. The predicted molar refractivity (Wildman–Crippen MR) is 79.1 cm³/mol. The number of nitrogens with two attached hydrogens (primary N) is 1. The summed E-state index contributed by atoms with van der Waals surface area (Å²) in [5.41, 5.74) is 11.3. The molecule has 0 atom stereocenters. The molecule has 0 radical (unpaired) electrons. The van der Waals surface area contributed by atoms with Crippen LogP contribution >= 0.6 is 0 Å². The molecular weight excluding hydrogens is 220 g/mol. The van der Waals surface area contributed by atoms with Gasteiger partial charge < -0.3 is 11.1 Å². The van der Waals surface area contributed by atoms with Crippen molar-refractivity contribution in [3.8, 4) is 0 Å². The Labute approximate surface area is 108 Å². The van der Waals surface area contributed by atoms with Crippen LogP contribution in [-0.2, 0) is 0 Å². The zero-order chi connectivity index (χ0) is 13.0. The zero-order valence-electron chi connectivity index (χ0n) is 10.6. The maximum absolute atomic E-state index is 6.17. The van der Waals surface area contributed by atoms with Gasteiger partial charge in [-0.3, -0.25) is 0 Å². The monoisotopic (exact) mass is 238 g/mol. The highest BCUT2D eigenvalue weighted by Crippen LogP contribution is 2.25. The molecule has 0 bridgehead atoms. The van der Waals surface area contributed by atoms with E-state index in [0.29, 0.717) is 0 Å². The van der Waals surface area contributed by atoms with Crippen LogP contribution in [0, 0.1) is 0 Å². The van der Waals surface area contributed by atoms with E-state index in [9.17, 15) is 0 Å². The number of rotatable bonds is 2. The molecule has 0 fully saturated rings. The average molecular weight is 238 g/mol. The first kappa shape index (κ1) is 12.2. The maximum Gasteiger partial charge on any atom is 0.0437 e. The molecule has 0 saturated heterocycles. The molecular formula is C16H18N2. The van der Waals surface area contributed by atoms with E-state index in [4.69, 9.17) is 5.73 Å². The van der Waals surface area contributed by atoms with Gasteiger partial charge in [-0.2, -0.15) is 0 Å². The van der Waals surface area contributed by atoms with E-state index in [2.05, 4.69) is 18.0 Å². The Morgan fingerprint density at radius 1 is 1.33 bits per heavy atom. The molecule has 2 rings (SSSR count). The summed E-state index contributed by atoms with van der Waals surface area (Å²) in [6, 6.07) is 8.07. The van der Waals surface area contributed by atoms with Crippen LogP contribution in [-0.4, -0.2) is 6.54 Å². The first-order valence-corrected chi connectivity index (χ1v) is 6.05. The number of nitrogens with one attached hydrogen (secondary N) is 1. The molecule has 0 amide bonds. The van der Waals surface area contributed by atoms with E-state index in [1.807, 2.05) is 49.4 Å². The van der Waals surface area contributed by atoms with Gasteiger partial charge in [-0.05, 0) is 30.2 Å². The van der Waals surface area contributed by atoms with E-state index in [-0.39, 0.29) is 0 Å². The van der Waals surface area contributed by atoms with Gasteiger partial charge >= 0.3 is 0 Å². The van der Waals surface area contributed by atoms with E-state index >= 15 is 0 Å². The minimum atomic E-state index is 0.754. The Hall–Kier alpha value is -2.22. The summed E-state index contributed by atoms with van der Waals surface area (Å²) >= 11 is 0. The third kappa shape index (κ3) is 2.38. The molecule has 1 aromatic rings. The van der Waals surface area contributed by atoms with Crippen molar-refractivity contribution >= 4 is 11.4 Å². The third-order valence-electron chi connectivity index (χ3n) is 2.98. The Morgan fingerprint density at radius 2 is 2.11 bits per heavy atom. The standard InChI is InChI=1S/C16H18N2/c1-3-7-13-10-15(17)14-8-5-6-9-16(14)18-11-12(13)4-2/h3-10,18H,2,11,17H2,1H3/b7-3-,13-12-,15-10+. The third-order valence-corrected chi connectivity index (χ3v) is 2.98. The molecule has 3 N–H and O–H groups in total. The molecule has 92 valence electrons. The van der Waals surface area contributed by atoms with Crippen molar-refractivity contribution in [2.45, 2.75) is 6.92 Å². The SMILES string of the molecule is C=C/C1=C(\C=C/C)/C=C(/N)c2ccccc2NC1. The Kier molecular flexibility index (Phi) is 3.68. The summed E-state index contributed by atoms with van der Waals surface area (Å²) in [4.78, 5) is 0. The van der Waals surface area contributed by atoms with Gasteiger partial charge in [-0.1, -0.05) is 43.0 Å². The van der Waals surface area contributed by atoms with Crippen LogP contribution in [0.4, 0.5) is 5.69 Å². The number of fused-ring (bicyclic) bond motifs is 1. The molecule has 1 aromatic carbocycles. The van der Waals surface area contributed by atoms with Crippen molar-refractivity contribution < 1.29 is 0 Å². The second-order valence-electron chi connectivity index (χ2n) is 4.18. The molecule has 0 spiro atoms. The number of para-hydroxylation sites is 1. The predicted octanol–water partition coefficient (Wildman–Crippen LogP) is 3.47. The fraction of sp³-hybridized carbons (Fsp3) is 0.125. The summed E-state index contributed by atoms with van der Waals surface area (Å²) in [5.74, 6) is 0. The van der Waals surface area contributed by atoms with Crippen LogP contribution in [0.3, 0.4) is 0 Å². The van der Waals surface area contributed by atoms with Gasteiger partial charge in [0, 0.05) is 23.5 Å². The van der Waals surface area contributed by atoms with Crippen LogP contribution in [0.5, 0.6) is 0 Å². The van der Waals surface area contributed by atoms with Crippen molar-refractivity contribution in [3.05, 3.63) is 71.9 Å². The quantitative estimate of drug-likeness (QED) is 0.828. The molecule has 0 aromatic heterocycles. The number of anilines is 1. The van der Waals surface area contributed by atoms with E-state index in [1.54, 1.807) is 0 Å². The Balaban J connectivity index is 2.56. The van der Waals surface area contributed by atoms with Gasteiger partial charge in [-0.25, -0.2) is 0 Å². The molecule has 0 unspecified atom stereocenters. The Bertz CT molecular complexity index is 548. The summed E-state index contributed by atoms with van der Waals surface area (Å²) in [5, 5.41) is 3.40. The van der Waals surface area contributed by atoms with E-state index in [1.165, 1.54) is 0 Å². The number of hydrogen-bond acceptors (Lipinski definition) is 2. The summed E-state index contributed by atoms with van der Waals surface area (Å²) in [6.45, 7) is 6.62. The maximum atomic E-state index is 6.17. The van der Waals surface area contributed by atoms with Crippen LogP contribution in [0.15, 0.2) is 66.3 Å². The highest BCUT2D eigenvalue weighted by Gasteiger charge is 2.09. The molecule has 1 aliphatic rings. The molecule has 18 heavy (non-hydrogen) atoms. The molecule has 1 aliphatic heterocycles. The van der Waals surface area contributed by atoms with Crippen LogP contribution in [0.2, 0.25) is 0 Å². The lowest BCUT2D eigenvalue weighted by atomic mass is 10.00. The highest BCUT2D eigenvalue weighted by atomic mass is 14.9. The normalized spacial score (nSPS) is 22.4. The van der Waals surface area contributed by atoms with Crippen LogP contribution in [0.1, 0.15) is 12.5 Å². The fourth-order valence-electron chi connectivity index (χ4n) is 2.04. The second-order valence-corrected chi connectivity index (χ2v) is 4.18. The number of allylic oxidation sites excluding steroid dienone is 4. The van der Waals surface area contributed by atoms with Gasteiger partial charge in [-0.15, -0.1) is 0 Å². The van der Waals surface area contributed by atoms with E-state index in [0.717, 1.165) is 34.6 Å². The van der Waals surface area contributed by atoms with Crippen LogP contribution in [0.25, 0.3) is 5.70 Å². The lowest BCUT2D eigenvalue weighted by Gasteiger charge is -2.17. The van der Waals surface area contributed by atoms with Crippen molar-refractivity contribution in [1.82, 2.24) is 0 Å². The van der Waals surface area contributed by atoms with Crippen molar-refractivity contribution in [3.63, 3.8) is 0 Å². The van der Waals surface area contributed by atoms with Gasteiger partial charge in [0.15, 0.2) is 0 Å². The molecule has 0 saturated carbocycles. The summed E-state index contributed by atoms with van der Waals surface area (Å²) in [6.07, 6.45) is 7.95. The Morgan fingerprint density at radius 3 is 2.83 bits per heavy atom. The average Bonchev–Trinajstić information content (AvgIpc) is 2.38. The van der Waals surface area contributed by atoms with Gasteiger partial charge in [0.1, 0.15) is 0 Å². The first-order valence-electron chi connectivity index (χ1n) is 6.05. The summed E-state index contributed by atoms with van der Waals surface area (Å²) in [7, 11) is 0. The minimum Gasteiger partial charge on any atom is -0.398 e. The molecule has 2 nitrogen and oxygen atoms in total. The minimum absolute atomic E-state index is 0.754. The molecule has 0 aliphatic carbocycles. The van der Waals surface area contributed by atoms with Gasteiger partial charge in [0.2, 0.25) is 0 Å². The molecule has 2 heteroatoms. The smallest absolute Gasteiger partial charge is 0.0437 e. The largest absolute Gasteiger partial charge is 0.398 e. The fourth-order valence-corrected chi connectivity index (χ4v) is 2.04. The van der Waals surface area contributed by atoms with Crippen molar-refractivity contribution in [1.29, 1.82) is 0 Å². The number of hydrogen-bond donors (Lipinski definition) is 2. The lowest BCUT2D eigenvalue weighted by Crippen LogP contribution is -2.11. The van der Waals surface area contributed by atoms with Crippen molar-refractivity contribution in [2.24, 2.45) is 5.73 Å². The second kappa shape index (κ2) is 5.41. The lowest BCUT2D eigenvalue weighted by molar-refractivity contribution is 1.22. The van der Waals surface area contributed by atoms with Gasteiger partial charge in [0.05, 0.1) is 0 Å². The summed E-state index contributed by atoms with van der Waals surface area (Å²) < 4.78 is 0. The zero-order valence-corrected chi connectivity index (χ0v) is 10.6. The number of benzene rings is 1. The van der Waals surface area contributed by atoms with Crippen molar-refractivity contribution in [2.75, 3.05) is 11.9 Å². The van der Waals surface area contributed by atoms with E-state index < -0.39 is 0 Å². The highest BCUT2D eigenvalue weighted by molar-refractivity contribution is 5.78.